The van der Waals surface area contributed by atoms with Gasteiger partial charge in [-0.05, 0) is 11.0 Å². The van der Waals surface area contributed by atoms with Crippen LogP contribution in [-0.4, -0.2) is 5.97 Å². The third-order valence-corrected chi connectivity index (χ3v) is 2.46. The topological polar surface area (TPSA) is 67.8 Å². The zero-order valence-corrected chi connectivity index (χ0v) is 9.41. The molecule has 0 bridgehead atoms. The van der Waals surface area contributed by atoms with Crippen molar-refractivity contribution in [1.29, 1.82) is 0 Å². The van der Waals surface area contributed by atoms with E-state index in [1.165, 1.54) is 5.56 Å². The number of rotatable bonds is 2. The standard InChI is InChI=1S/C12H17NO2/c1-12(2,3)9-6-4-8(5-7-9)10(13)11(14)15/h4-7,10H,13H2,1-3H3,(H,14,15)/t10-/m0/s1. The predicted octanol–water partition coefficient (Wildman–Crippen LogP) is 0.0170. The van der Waals surface area contributed by atoms with Crippen LogP contribution in [0.5, 0.6) is 0 Å². The average Bonchev–Trinajstić information content (AvgIpc) is 2.15. The van der Waals surface area contributed by atoms with Gasteiger partial charge in [-0.25, -0.2) is 0 Å². The number of carbonyl (C=O) groups excluding carboxylic acids is 1. The molecule has 0 aliphatic carbocycles. The van der Waals surface area contributed by atoms with Crippen molar-refractivity contribution in [2.24, 2.45) is 0 Å². The van der Waals surface area contributed by atoms with Crippen LogP contribution in [0.15, 0.2) is 24.3 Å². The Hall–Kier alpha value is -1.35. The van der Waals surface area contributed by atoms with Crippen molar-refractivity contribution in [2.45, 2.75) is 32.2 Å². The molecule has 3 heteroatoms. The van der Waals surface area contributed by atoms with Gasteiger partial charge in [0.1, 0.15) is 5.97 Å². The summed E-state index contributed by atoms with van der Waals surface area (Å²) in [6.45, 7) is 6.34. The van der Waals surface area contributed by atoms with Crippen molar-refractivity contribution in [3.8, 4) is 0 Å². The van der Waals surface area contributed by atoms with E-state index in [4.69, 9.17) is 0 Å². The summed E-state index contributed by atoms with van der Waals surface area (Å²) in [6, 6.07) is 6.69. The molecule has 0 saturated heterocycles. The molecule has 0 unspecified atom stereocenters. The Kier molecular flexibility index (Phi) is 3.15. The Bertz CT molecular complexity index is 349. The summed E-state index contributed by atoms with van der Waals surface area (Å²) in [5.74, 6) is -1.14. The maximum atomic E-state index is 10.6. The summed E-state index contributed by atoms with van der Waals surface area (Å²) >= 11 is 0. The molecule has 0 radical (unpaired) electrons. The molecule has 1 aromatic carbocycles. The first kappa shape index (κ1) is 11.7. The van der Waals surface area contributed by atoms with E-state index in [2.05, 4.69) is 26.5 Å². The molecule has 0 aromatic heterocycles. The van der Waals surface area contributed by atoms with Crippen LogP contribution in [0.3, 0.4) is 0 Å². The number of hydrogen-bond acceptors (Lipinski definition) is 2. The number of quaternary nitrogens is 1. The highest BCUT2D eigenvalue weighted by atomic mass is 16.4. The van der Waals surface area contributed by atoms with E-state index in [0.717, 1.165) is 0 Å². The highest BCUT2D eigenvalue weighted by Crippen LogP contribution is 2.23. The second-order valence-corrected chi connectivity index (χ2v) is 4.74. The molecule has 0 spiro atoms. The van der Waals surface area contributed by atoms with Gasteiger partial charge in [-0.1, -0.05) is 45.0 Å². The molecule has 1 aromatic rings. The molecule has 3 N–H and O–H groups in total. The molecule has 3 nitrogen and oxygen atoms in total. The van der Waals surface area contributed by atoms with Gasteiger partial charge in [-0.3, -0.25) is 0 Å². The summed E-state index contributed by atoms with van der Waals surface area (Å²) in [5.41, 5.74) is 5.48. The van der Waals surface area contributed by atoms with E-state index in [0.29, 0.717) is 5.56 Å². The molecular formula is C12H17NO2. The fourth-order valence-electron chi connectivity index (χ4n) is 1.35. The molecule has 0 aliphatic rings. The minimum Gasteiger partial charge on any atom is -0.544 e. The van der Waals surface area contributed by atoms with Crippen molar-refractivity contribution in [3.05, 3.63) is 35.4 Å². The van der Waals surface area contributed by atoms with Crippen LogP contribution < -0.4 is 10.8 Å². The Morgan fingerprint density at radius 3 is 2.07 bits per heavy atom. The molecule has 0 fully saturated rings. The molecule has 0 aliphatic heterocycles. The number of aliphatic carboxylic acids is 1. The van der Waals surface area contributed by atoms with Gasteiger partial charge in [0.15, 0.2) is 6.04 Å². The van der Waals surface area contributed by atoms with E-state index in [1.54, 1.807) is 12.1 Å². The van der Waals surface area contributed by atoms with E-state index >= 15 is 0 Å². The number of carboxylic acids is 1. The van der Waals surface area contributed by atoms with Crippen LogP contribution in [0, 0.1) is 0 Å². The lowest BCUT2D eigenvalue weighted by Gasteiger charge is -2.19. The first-order valence-corrected chi connectivity index (χ1v) is 4.97. The Morgan fingerprint density at radius 1 is 1.27 bits per heavy atom. The zero-order valence-electron chi connectivity index (χ0n) is 9.41. The monoisotopic (exact) mass is 207 g/mol. The lowest BCUT2D eigenvalue weighted by atomic mass is 9.86. The third kappa shape index (κ3) is 2.80. The quantitative estimate of drug-likeness (QED) is 0.742. The largest absolute Gasteiger partial charge is 0.544 e. The van der Waals surface area contributed by atoms with E-state index < -0.39 is 12.0 Å². The summed E-state index contributed by atoms with van der Waals surface area (Å²) in [7, 11) is 0. The SMILES string of the molecule is CC(C)(C)c1ccc([C@H]([NH3+])C(=O)[O-])cc1. The van der Waals surface area contributed by atoms with Crippen LogP contribution >= 0.6 is 0 Å². The number of benzene rings is 1. The summed E-state index contributed by atoms with van der Waals surface area (Å²) in [6.07, 6.45) is 0. The Balaban J connectivity index is 2.95. The van der Waals surface area contributed by atoms with Crippen molar-refractivity contribution in [1.82, 2.24) is 0 Å². The van der Waals surface area contributed by atoms with Crippen LogP contribution in [0.4, 0.5) is 0 Å². The van der Waals surface area contributed by atoms with Crippen molar-refractivity contribution >= 4 is 5.97 Å². The number of carboxylic acid groups (broad SMARTS) is 1. The smallest absolute Gasteiger partial charge is 0.150 e. The minimum absolute atomic E-state index is 0.0800. The van der Waals surface area contributed by atoms with Crippen molar-refractivity contribution in [3.63, 3.8) is 0 Å². The predicted molar refractivity (Wildman–Crippen MR) is 55.8 cm³/mol. The maximum absolute atomic E-state index is 10.6. The van der Waals surface area contributed by atoms with Crippen LogP contribution in [0.2, 0.25) is 0 Å². The molecule has 0 saturated carbocycles. The van der Waals surface area contributed by atoms with Gasteiger partial charge in [0, 0.05) is 5.56 Å². The van der Waals surface area contributed by atoms with Crippen molar-refractivity contribution < 1.29 is 15.6 Å². The van der Waals surface area contributed by atoms with Gasteiger partial charge in [0.05, 0.1) is 0 Å². The molecule has 0 amide bonds. The zero-order chi connectivity index (χ0) is 11.6. The minimum atomic E-state index is -1.14. The van der Waals surface area contributed by atoms with Gasteiger partial charge in [0.25, 0.3) is 0 Å². The summed E-state index contributed by atoms with van der Waals surface area (Å²) < 4.78 is 0. The number of hydrogen-bond donors (Lipinski definition) is 1. The first-order chi connectivity index (χ1) is 6.82. The average molecular weight is 207 g/mol. The molecular weight excluding hydrogens is 190 g/mol. The highest BCUT2D eigenvalue weighted by Gasteiger charge is 2.15. The molecule has 0 heterocycles. The van der Waals surface area contributed by atoms with E-state index in [1.807, 2.05) is 12.1 Å². The van der Waals surface area contributed by atoms with Crippen LogP contribution in [0.1, 0.15) is 37.9 Å². The Morgan fingerprint density at radius 2 is 1.73 bits per heavy atom. The lowest BCUT2D eigenvalue weighted by molar-refractivity contribution is -0.443. The second kappa shape index (κ2) is 4.03. The van der Waals surface area contributed by atoms with Gasteiger partial charge >= 0.3 is 0 Å². The lowest BCUT2D eigenvalue weighted by Crippen LogP contribution is -2.61. The van der Waals surface area contributed by atoms with Crippen LogP contribution in [0.25, 0.3) is 0 Å². The summed E-state index contributed by atoms with van der Waals surface area (Å²) in [4.78, 5) is 10.6. The van der Waals surface area contributed by atoms with Gasteiger partial charge < -0.3 is 15.6 Å². The van der Waals surface area contributed by atoms with Crippen LogP contribution in [-0.2, 0) is 10.2 Å². The maximum Gasteiger partial charge on any atom is 0.150 e. The fraction of sp³-hybridized carbons (Fsp3) is 0.417. The van der Waals surface area contributed by atoms with Gasteiger partial charge in [-0.15, -0.1) is 0 Å². The number of carbonyl (C=O) groups is 1. The van der Waals surface area contributed by atoms with E-state index in [-0.39, 0.29) is 5.41 Å². The molecule has 15 heavy (non-hydrogen) atoms. The highest BCUT2D eigenvalue weighted by molar-refractivity contribution is 5.71. The molecule has 1 rings (SSSR count). The van der Waals surface area contributed by atoms with E-state index in [9.17, 15) is 9.90 Å². The normalized spacial score (nSPS) is 13.6. The van der Waals surface area contributed by atoms with Gasteiger partial charge in [0.2, 0.25) is 0 Å². The molecule has 1 atom stereocenters. The van der Waals surface area contributed by atoms with Gasteiger partial charge in [-0.2, -0.15) is 0 Å². The molecule has 82 valence electrons. The third-order valence-electron chi connectivity index (χ3n) is 2.46. The Labute approximate surface area is 89.9 Å². The summed E-state index contributed by atoms with van der Waals surface area (Å²) in [5, 5.41) is 10.6. The fourth-order valence-corrected chi connectivity index (χ4v) is 1.35. The van der Waals surface area contributed by atoms with Crippen molar-refractivity contribution in [2.75, 3.05) is 0 Å². The first-order valence-electron chi connectivity index (χ1n) is 4.97. The second-order valence-electron chi connectivity index (χ2n) is 4.74.